The van der Waals surface area contributed by atoms with Crippen molar-refractivity contribution in [2.45, 2.75) is 20.8 Å². The zero-order chi connectivity index (χ0) is 20.4. The smallest absolute Gasteiger partial charge is 0.261 e. The summed E-state index contributed by atoms with van der Waals surface area (Å²) in [5.74, 6) is 1.11. The van der Waals surface area contributed by atoms with Crippen molar-refractivity contribution in [2.75, 3.05) is 4.90 Å². The van der Waals surface area contributed by atoms with E-state index in [1.165, 1.54) is 22.5 Å². The fourth-order valence-electron chi connectivity index (χ4n) is 3.83. The number of rotatable bonds is 4. The van der Waals surface area contributed by atoms with Gasteiger partial charge in [0, 0.05) is 23.5 Å². The maximum Gasteiger partial charge on any atom is 0.287 e. The maximum absolute atomic E-state index is 4.49. The van der Waals surface area contributed by atoms with Gasteiger partial charge in [-0.15, -0.1) is 0 Å². The van der Waals surface area contributed by atoms with E-state index >= 15 is 0 Å². The highest BCUT2D eigenvalue weighted by atomic mass is 15.2. The molecule has 2 heterocycles. The van der Waals surface area contributed by atoms with Gasteiger partial charge in [0.1, 0.15) is 17.1 Å². The van der Waals surface area contributed by atoms with Crippen molar-refractivity contribution < 1.29 is 4.57 Å². The monoisotopic (exact) mass is 380 g/mol. The maximum atomic E-state index is 4.49. The lowest BCUT2D eigenvalue weighted by molar-refractivity contribution is -0.647. The van der Waals surface area contributed by atoms with E-state index in [2.05, 4.69) is 115 Å². The van der Waals surface area contributed by atoms with Crippen LogP contribution in [0.5, 0.6) is 0 Å². The Morgan fingerprint density at radius 1 is 0.690 bits per heavy atom. The Morgan fingerprint density at radius 3 is 1.90 bits per heavy atom. The lowest BCUT2D eigenvalue weighted by atomic mass is 10.1. The molecule has 29 heavy (non-hydrogen) atoms. The molecule has 0 saturated carbocycles. The number of aromatic nitrogens is 2. The average molecular weight is 381 g/mol. The molecule has 0 saturated heterocycles. The first-order chi connectivity index (χ1) is 14.1. The minimum atomic E-state index is 1.03. The second kappa shape index (κ2) is 7.88. The SMILES string of the molecule is Cc1ccccc1N(c1ccccc1C)c1cccc(-c2cccnc2C)[n+]1C. The summed E-state index contributed by atoms with van der Waals surface area (Å²) in [6.07, 6.45) is 1.84. The Hall–Kier alpha value is -3.46. The average Bonchev–Trinajstić information content (AvgIpc) is 2.73. The van der Waals surface area contributed by atoms with Crippen molar-refractivity contribution in [1.29, 1.82) is 0 Å². The third-order valence-electron chi connectivity index (χ3n) is 5.43. The van der Waals surface area contributed by atoms with Crippen LogP contribution in [-0.2, 0) is 7.05 Å². The van der Waals surface area contributed by atoms with Crippen LogP contribution in [0.1, 0.15) is 16.8 Å². The van der Waals surface area contributed by atoms with Gasteiger partial charge >= 0.3 is 0 Å². The van der Waals surface area contributed by atoms with Crippen LogP contribution in [0.3, 0.4) is 0 Å². The van der Waals surface area contributed by atoms with E-state index in [0.717, 1.165) is 22.8 Å². The predicted molar refractivity (Wildman–Crippen MR) is 120 cm³/mol. The standard InChI is InChI=1S/C26H26N3/c1-19-11-5-7-14-23(19)29(24-15-8-6-12-20(24)2)26-17-9-16-25(28(26)4)22-13-10-18-27-21(22)3/h5-18H,1-4H3/q+1. The molecule has 0 aliphatic carbocycles. The molecule has 0 spiro atoms. The van der Waals surface area contributed by atoms with E-state index in [4.69, 9.17) is 0 Å². The number of benzene rings is 2. The van der Waals surface area contributed by atoms with Gasteiger partial charge in [0.15, 0.2) is 0 Å². The molecular weight excluding hydrogens is 354 g/mol. The van der Waals surface area contributed by atoms with Crippen LogP contribution >= 0.6 is 0 Å². The molecule has 0 aliphatic rings. The topological polar surface area (TPSA) is 20.0 Å². The Labute approximate surface area is 172 Å². The van der Waals surface area contributed by atoms with Gasteiger partial charge in [-0.3, -0.25) is 4.98 Å². The lowest BCUT2D eigenvalue weighted by Crippen LogP contribution is -2.38. The quantitative estimate of drug-likeness (QED) is 0.407. The van der Waals surface area contributed by atoms with Crippen molar-refractivity contribution in [3.8, 4) is 11.3 Å². The summed E-state index contributed by atoms with van der Waals surface area (Å²) in [7, 11) is 2.13. The molecule has 0 aliphatic heterocycles. The molecule has 0 N–H and O–H groups in total. The van der Waals surface area contributed by atoms with Crippen LogP contribution in [-0.4, -0.2) is 4.98 Å². The van der Waals surface area contributed by atoms with E-state index < -0.39 is 0 Å². The molecule has 0 bridgehead atoms. The second-order valence-corrected chi connectivity index (χ2v) is 7.37. The van der Waals surface area contributed by atoms with Crippen LogP contribution in [0.25, 0.3) is 11.3 Å². The Morgan fingerprint density at radius 2 is 1.31 bits per heavy atom. The lowest BCUT2D eigenvalue weighted by Gasteiger charge is -2.22. The third kappa shape index (κ3) is 3.52. The van der Waals surface area contributed by atoms with Crippen LogP contribution < -0.4 is 9.47 Å². The van der Waals surface area contributed by atoms with Crippen LogP contribution in [0.15, 0.2) is 85.1 Å². The van der Waals surface area contributed by atoms with E-state index in [0.29, 0.717) is 0 Å². The predicted octanol–water partition coefficient (Wildman–Crippen LogP) is 5.97. The summed E-state index contributed by atoms with van der Waals surface area (Å²) in [6, 6.07) is 27.7. The zero-order valence-electron chi connectivity index (χ0n) is 17.4. The first-order valence-corrected chi connectivity index (χ1v) is 9.90. The Balaban J connectivity index is 1.98. The number of hydrogen-bond acceptors (Lipinski definition) is 2. The number of para-hydroxylation sites is 2. The summed E-state index contributed by atoms with van der Waals surface area (Å²) < 4.78 is 2.25. The van der Waals surface area contributed by atoms with E-state index in [-0.39, 0.29) is 0 Å². The molecule has 2 aromatic heterocycles. The minimum Gasteiger partial charge on any atom is -0.261 e. The van der Waals surface area contributed by atoms with Gasteiger partial charge in [0.25, 0.3) is 5.82 Å². The van der Waals surface area contributed by atoms with Crippen LogP contribution in [0.4, 0.5) is 17.2 Å². The number of aryl methyl sites for hydroxylation is 3. The van der Waals surface area contributed by atoms with Gasteiger partial charge in [-0.25, -0.2) is 4.57 Å². The Kier molecular flexibility index (Phi) is 5.13. The largest absolute Gasteiger partial charge is 0.287 e. The third-order valence-corrected chi connectivity index (χ3v) is 5.43. The van der Waals surface area contributed by atoms with Gasteiger partial charge < -0.3 is 0 Å². The highest BCUT2D eigenvalue weighted by Crippen LogP contribution is 2.37. The molecule has 0 atom stereocenters. The van der Waals surface area contributed by atoms with Crippen molar-refractivity contribution in [2.24, 2.45) is 7.05 Å². The fourth-order valence-corrected chi connectivity index (χ4v) is 3.83. The van der Waals surface area contributed by atoms with E-state index in [1.807, 2.05) is 12.3 Å². The highest BCUT2D eigenvalue weighted by Gasteiger charge is 2.27. The van der Waals surface area contributed by atoms with Crippen molar-refractivity contribution in [3.63, 3.8) is 0 Å². The second-order valence-electron chi connectivity index (χ2n) is 7.37. The first kappa shape index (κ1) is 18.9. The molecular formula is C26H26N3+. The number of anilines is 3. The summed E-state index contributed by atoms with van der Waals surface area (Å²) in [6.45, 7) is 6.38. The minimum absolute atomic E-state index is 1.03. The number of nitrogens with zero attached hydrogens (tertiary/aromatic N) is 3. The van der Waals surface area contributed by atoms with Gasteiger partial charge in [-0.2, -0.15) is 4.90 Å². The zero-order valence-corrected chi connectivity index (χ0v) is 17.4. The molecule has 0 unspecified atom stereocenters. The van der Waals surface area contributed by atoms with E-state index in [9.17, 15) is 0 Å². The fraction of sp³-hybridized carbons (Fsp3) is 0.154. The van der Waals surface area contributed by atoms with Gasteiger partial charge in [-0.05, 0) is 68.3 Å². The molecule has 0 radical (unpaired) electrons. The number of hydrogen-bond donors (Lipinski definition) is 0. The van der Waals surface area contributed by atoms with Crippen LogP contribution in [0.2, 0.25) is 0 Å². The first-order valence-electron chi connectivity index (χ1n) is 9.90. The van der Waals surface area contributed by atoms with Gasteiger partial charge in [-0.1, -0.05) is 36.4 Å². The highest BCUT2D eigenvalue weighted by molar-refractivity contribution is 5.77. The van der Waals surface area contributed by atoms with Crippen molar-refractivity contribution in [1.82, 2.24) is 4.98 Å². The van der Waals surface area contributed by atoms with Crippen LogP contribution in [0, 0.1) is 20.8 Å². The molecule has 4 aromatic rings. The molecule has 0 amide bonds. The van der Waals surface area contributed by atoms with Gasteiger partial charge in [0.05, 0.1) is 7.05 Å². The molecule has 144 valence electrons. The summed E-state index contributed by atoms with van der Waals surface area (Å²) >= 11 is 0. The molecule has 0 fully saturated rings. The van der Waals surface area contributed by atoms with E-state index in [1.54, 1.807) is 0 Å². The molecule has 2 aromatic carbocycles. The van der Waals surface area contributed by atoms with Crippen molar-refractivity contribution in [3.05, 3.63) is 102 Å². The molecule has 3 nitrogen and oxygen atoms in total. The summed E-state index contributed by atoms with van der Waals surface area (Å²) in [5, 5.41) is 0. The molecule has 4 rings (SSSR count). The molecule has 3 heteroatoms. The normalized spacial score (nSPS) is 10.8. The summed E-state index contributed by atoms with van der Waals surface area (Å²) in [5.41, 5.74) is 8.14. The summed E-state index contributed by atoms with van der Waals surface area (Å²) in [4.78, 5) is 6.84. The van der Waals surface area contributed by atoms with Gasteiger partial charge in [0.2, 0.25) is 0 Å². The Bertz CT molecular complexity index is 1120. The van der Waals surface area contributed by atoms with Crippen molar-refractivity contribution >= 4 is 17.2 Å². The number of pyridine rings is 2.